The predicted molar refractivity (Wildman–Crippen MR) is 162 cm³/mol. The minimum absolute atomic E-state index is 0.190. The van der Waals surface area contributed by atoms with Crippen molar-refractivity contribution in [1.29, 1.82) is 0 Å². The van der Waals surface area contributed by atoms with E-state index < -0.39 is 12.2 Å². The zero-order valence-corrected chi connectivity index (χ0v) is 23.7. The topological polar surface area (TPSA) is 60.7 Å². The van der Waals surface area contributed by atoms with Crippen molar-refractivity contribution in [2.45, 2.75) is 141 Å². The summed E-state index contributed by atoms with van der Waals surface area (Å²) in [5.74, 6) is 18.9. The van der Waals surface area contributed by atoms with Gasteiger partial charge < -0.3 is 15.3 Å². The highest BCUT2D eigenvalue weighted by Gasteiger charge is 1.99. The van der Waals surface area contributed by atoms with Crippen LogP contribution in [-0.4, -0.2) is 34.1 Å². The average molecular weight is 521 g/mol. The third-order valence-corrected chi connectivity index (χ3v) is 6.28. The van der Waals surface area contributed by atoms with Crippen molar-refractivity contribution in [1.82, 2.24) is 0 Å². The average Bonchev–Trinajstić information content (AvgIpc) is 2.92. The molecule has 0 fully saturated rings. The van der Waals surface area contributed by atoms with Crippen molar-refractivity contribution in [3.05, 3.63) is 24.3 Å². The molecule has 0 unspecified atom stereocenters. The first-order chi connectivity index (χ1) is 18.7. The maximum atomic E-state index is 9.72. The molecule has 0 heterocycles. The first-order valence-electron chi connectivity index (χ1n) is 14.9. The van der Waals surface area contributed by atoms with Crippen LogP contribution in [0.2, 0.25) is 0 Å². The van der Waals surface area contributed by atoms with Crippen molar-refractivity contribution >= 4 is 0 Å². The van der Waals surface area contributed by atoms with Gasteiger partial charge in [0.15, 0.2) is 0 Å². The van der Waals surface area contributed by atoms with Gasteiger partial charge >= 0.3 is 0 Å². The van der Waals surface area contributed by atoms with E-state index in [1.807, 2.05) is 12.2 Å². The molecule has 0 bridgehead atoms. The fourth-order valence-corrected chi connectivity index (χ4v) is 4.03. The van der Waals surface area contributed by atoms with Gasteiger partial charge in [-0.05, 0) is 68.9 Å². The lowest BCUT2D eigenvalue weighted by molar-refractivity contribution is 0.217. The van der Waals surface area contributed by atoms with Gasteiger partial charge in [-0.2, -0.15) is 0 Å². The molecule has 3 nitrogen and oxygen atoms in total. The van der Waals surface area contributed by atoms with Crippen LogP contribution in [-0.2, 0) is 0 Å². The molecule has 0 aromatic heterocycles. The minimum Gasteiger partial charge on any atom is -0.384 e. The largest absolute Gasteiger partial charge is 0.384 e. The number of hydrogen-bond acceptors (Lipinski definition) is 3. The first-order valence-corrected chi connectivity index (χ1v) is 14.9. The van der Waals surface area contributed by atoms with Crippen LogP contribution in [0, 0.1) is 47.9 Å². The van der Waals surface area contributed by atoms with E-state index in [-0.39, 0.29) is 6.61 Å². The van der Waals surface area contributed by atoms with Gasteiger partial charge in [0.25, 0.3) is 0 Å². The molecule has 0 saturated heterocycles. The van der Waals surface area contributed by atoms with Gasteiger partial charge in [-0.25, -0.2) is 0 Å². The SMILES string of the molecule is C#C[C@@H](O)/C=C/CCCCCCCC#C/C=C\CCCCCCCCCCCCC[C@H](O)C#CC#CCO. The Morgan fingerprint density at radius 3 is 1.79 bits per heavy atom. The fourth-order valence-electron chi connectivity index (χ4n) is 4.03. The van der Waals surface area contributed by atoms with Gasteiger partial charge in [0, 0.05) is 6.42 Å². The Balaban J connectivity index is 3.33. The van der Waals surface area contributed by atoms with E-state index in [9.17, 15) is 10.2 Å². The zero-order chi connectivity index (χ0) is 27.8. The van der Waals surface area contributed by atoms with Gasteiger partial charge in [-0.1, -0.05) is 119 Å². The van der Waals surface area contributed by atoms with Crippen molar-refractivity contribution < 1.29 is 15.3 Å². The Morgan fingerprint density at radius 2 is 1.18 bits per heavy atom. The van der Waals surface area contributed by atoms with E-state index in [0.717, 1.165) is 38.5 Å². The van der Waals surface area contributed by atoms with E-state index >= 15 is 0 Å². The second kappa shape index (κ2) is 30.8. The summed E-state index contributed by atoms with van der Waals surface area (Å²) in [6.07, 6.45) is 35.5. The van der Waals surface area contributed by atoms with Crippen molar-refractivity contribution in [2.75, 3.05) is 6.61 Å². The van der Waals surface area contributed by atoms with Crippen LogP contribution in [0.5, 0.6) is 0 Å². The summed E-state index contributed by atoms with van der Waals surface area (Å²) in [4.78, 5) is 0. The molecule has 2 atom stereocenters. The third kappa shape index (κ3) is 29.8. The molecular weight excluding hydrogens is 468 g/mol. The maximum Gasteiger partial charge on any atom is 0.133 e. The molecule has 0 aromatic carbocycles. The van der Waals surface area contributed by atoms with Crippen LogP contribution in [0.3, 0.4) is 0 Å². The quantitative estimate of drug-likeness (QED) is 0.0800. The van der Waals surface area contributed by atoms with Gasteiger partial charge in [-0.3, -0.25) is 0 Å². The standard InChI is InChI=1S/C35H52O3/c1-2-34(37)30-26-23-21-19-17-15-13-11-9-7-5-3-4-6-8-10-12-14-16-18-20-22-24-27-31-35(38)32-28-25-29-33-36/h1,3,5,26,30,34-38H,4,6,8,10-24,27,31,33H2/b5-3-,30-26+/t34-,35+/m1/s1. The molecule has 0 aliphatic rings. The van der Waals surface area contributed by atoms with Gasteiger partial charge in [-0.15, -0.1) is 6.42 Å². The lowest BCUT2D eigenvalue weighted by Crippen LogP contribution is -2.01. The van der Waals surface area contributed by atoms with Crippen molar-refractivity contribution in [3.8, 4) is 47.9 Å². The molecule has 0 amide bonds. The Labute approximate surface area is 234 Å². The number of allylic oxidation sites excluding steroid dienone is 3. The summed E-state index contributed by atoms with van der Waals surface area (Å²) in [5.41, 5.74) is 0. The summed E-state index contributed by atoms with van der Waals surface area (Å²) in [5, 5.41) is 27.5. The van der Waals surface area contributed by atoms with Gasteiger partial charge in [0.05, 0.1) is 0 Å². The summed E-state index contributed by atoms with van der Waals surface area (Å²) < 4.78 is 0. The second-order valence-electron chi connectivity index (χ2n) is 9.78. The van der Waals surface area contributed by atoms with Gasteiger partial charge in [0.1, 0.15) is 18.8 Å². The summed E-state index contributed by atoms with van der Waals surface area (Å²) in [6.45, 7) is -0.190. The van der Waals surface area contributed by atoms with Crippen molar-refractivity contribution in [2.24, 2.45) is 0 Å². The molecule has 0 spiro atoms. The maximum absolute atomic E-state index is 9.72. The van der Waals surface area contributed by atoms with E-state index in [1.54, 1.807) is 6.08 Å². The molecular formula is C35H52O3. The van der Waals surface area contributed by atoms with E-state index in [2.05, 4.69) is 47.5 Å². The number of aliphatic hydroxyl groups is 3. The molecule has 0 rings (SSSR count). The summed E-state index contributed by atoms with van der Waals surface area (Å²) in [6, 6.07) is 0. The van der Waals surface area contributed by atoms with E-state index in [0.29, 0.717) is 6.42 Å². The highest BCUT2D eigenvalue weighted by Crippen LogP contribution is 2.13. The zero-order valence-electron chi connectivity index (χ0n) is 23.7. The summed E-state index contributed by atoms with van der Waals surface area (Å²) in [7, 11) is 0. The summed E-state index contributed by atoms with van der Waals surface area (Å²) >= 11 is 0. The molecule has 38 heavy (non-hydrogen) atoms. The molecule has 3 N–H and O–H groups in total. The number of aliphatic hydroxyl groups excluding tert-OH is 3. The Bertz CT molecular complexity index is 813. The highest BCUT2D eigenvalue weighted by molar-refractivity contribution is 5.27. The lowest BCUT2D eigenvalue weighted by Gasteiger charge is -2.04. The highest BCUT2D eigenvalue weighted by atomic mass is 16.3. The molecule has 0 radical (unpaired) electrons. The fraction of sp³-hybridized carbons (Fsp3) is 0.657. The van der Waals surface area contributed by atoms with Crippen LogP contribution in [0.4, 0.5) is 0 Å². The van der Waals surface area contributed by atoms with E-state index in [4.69, 9.17) is 11.5 Å². The third-order valence-electron chi connectivity index (χ3n) is 6.28. The molecule has 3 heteroatoms. The number of hydrogen-bond donors (Lipinski definition) is 3. The van der Waals surface area contributed by atoms with Gasteiger partial charge in [0.2, 0.25) is 0 Å². The number of rotatable bonds is 22. The minimum atomic E-state index is -0.739. The van der Waals surface area contributed by atoms with E-state index in [1.165, 1.54) is 83.5 Å². The lowest BCUT2D eigenvalue weighted by atomic mass is 10.0. The molecule has 0 aromatic rings. The second-order valence-corrected chi connectivity index (χ2v) is 9.78. The Morgan fingerprint density at radius 1 is 0.632 bits per heavy atom. The molecule has 210 valence electrons. The number of unbranched alkanes of at least 4 members (excludes halogenated alkanes) is 17. The predicted octanol–water partition coefficient (Wildman–Crippen LogP) is 7.26. The molecule has 0 aliphatic carbocycles. The van der Waals surface area contributed by atoms with Crippen LogP contribution in [0.15, 0.2) is 24.3 Å². The van der Waals surface area contributed by atoms with Crippen LogP contribution in [0.25, 0.3) is 0 Å². The molecule has 0 saturated carbocycles. The molecule has 0 aliphatic heterocycles. The van der Waals surface area contributed by atoms with Crippen LogP contribution in [0.1, 0.15) is 128 Å². The normalized spacial score (nSPS) is 12.2. The van der Waals surface area contributed by atoms with Crippen LogP contribution < -0.4 is 0 Å². The first kappa shape index (κ1) is 35.6. The smallest absolute Gasteiger partial charge is 0.133 e. The van der Waals surface area contributed by atoms with Crippen LogP contribution >= 0.6 is 0 Å². The number of terminal acetylenes is 1. The monoisotopic (exact) mass is 520 g/mol. The van der Waals surface area contributed by atoms with Crippen molar-refractivity contribution in [3.63, 3.8) is 0 Å². The Kier molecular flexibility index (Phi) is 28.9. The Hall–Kier alpha value is -2.40.